The lowest BCUT2D eigenvalue weighted by Gasteiger charge is -2.32. The third kappa shape index (κ3) is 5.90. The second-order valence-corrected chi connectivity index (χ2v) is 9.04. The van der Waals surface area contributed by atoms with E-state index >= 15 is 0 Å². The highest BCUT2D eigenvalue weighted by Crippen LogP contribution is 2.30. The minimum absolute atomic E-state index is 0.105. The SMILES string of the molecule is COc1cc(C(=O)NC2CCN(Cc3ccc(Cl)cc3)CC2)ccc1OCc1c(C)noc1C. The van der Waals surface area contributed by atoms with Crippen molar-refractivity contribution in [3.63, 3.8) is 0 Å². The number of nitrogens with one attached hydrogen (secondary N) is 1. The maximum Gasteiger partial charge on any atom is 0.251 e. The van der Waals surface area contributed by atoms with Crippen LogP contribution in [0.3, 0.4) is 0 Å². The summed E-state index contributed by atoms with van der Waals surface area (Å²) in [5, 5.41) is 7.86. The Kier molecular flexibility index (Phi) is 7.75. The molecule has 0 unspecified atom stereocenters. The second kappa shape index (κ2) is 10.9. The first-order chi connectivity index (χ1) is 16.4. The normalized spacial score (nSPS) is 14.7. The number of likely N-dealkylation sites (tertiary alicyclic amines) is 1. The van der Waals surface area contributed by atoms with Crippen molar-refractivity contribution in [2.45, 2.75) is 45.9 Å². The molecule has 1 aromatic heterocycles. The van der Waals surface area contributed by atoms with Crippen LogP contribution in [0.15, 0.2) is 47.0 Å². The van der Waals surface area contributed by atoms with Gasteiger partial charge in [0.2, 0.25) is 0 Å². The topological polar surface area (TPSA) is 76.8 Å². The van der Waals surface area contributed by atoms with E-state index in [4.69, 9.17) is 25.6 Å². The van der Waals surface area contributed by atoms with Crippen LogP contribution in [0.25, 0.3) is 0 Å². The molecule has 4 rings (SSSR count). The summed E-state index contributed by atoms with van der Waals surface area (Å²) >= 11 is 5.97. The quantitative estimate of drug-likeness (QED) is 0.489. The maximum absolute atomic E-state index is 12.9. The molecule has 0 spiro atoms. The predicted molar refractivity (Wildman–Crippen MR) is 131 cm³/mol. The van der Waals surface area contributed by atoms with Gasteiger partial charge >= 0.3 is 0 Å². The van der Waals surface area contributed by atoms with Crippen LogP contribution in [-0.2, 0) is 13.2 Å². The summed E-state index contributed by atoms with van der Waals surface area (Å²) in [7, 11) is 1.57. The van der Waals surface area contributed by atoms with Crippen LogP contribution in [0.5, 0.6) is 11.5 Å². The molecule has 3 aromatic rings. The molecule has 1 aliphatic rings. The van der Waals surface area contributed by atoms with Crippen LogP contribution in [0.4, 0.5) is 0 Å². The fraction of sp³-hybridized carbons (Fsp3) is 0.385. The molecule has 0 aliphatic carbocycles. The second-order valence-electron chi connectivity index (χ2n) is 8.61. The Hall–Kier alpha value is -3.03. The molecule has 7 nitrogen and oxygen atoms in total. The number of hydrogen-bond acceptors (Lipinski definition) is 6. The summed E-state index contributed by atoms with van der Waals surface area (Å²) in [6, 6.07) is 13.4. The van der Waals surface area contributed by atoms with Crippen molar-refractivity contribution >= 4 is 17.5 Å². The monoisotopic (exact) mass is 483 g/mol. The molecule has 0 atom stereocenters. The number of carbonyl (C=O) groups is 1. The predicted octanol–water partition coefficient (Wildman–Crippen LogP) is 4.93. The van der Waals surface area contributed by atoms with E-state index in [0.717, 1.165) is 54.5 Å². The Morgan fingerprint density at radius 3 is 2.53 bits per heavy atom. The summed E-state index contributed by atoms with van der Waals surface area (Å²) in [6.45, 7) is 6.81. The number of nitrogens with zero attached hydrogens (tertiary/aromatic N) is 2. The summed E-state index contributed by atoms with van der Waals surface area (Å²) in [4.78, 5) is 15.3. The first kappa shape index (κ1) is 24.1. The number of rotatable bonds is 8. The number of benzene rings is 2. The van der Waals surface area contributed by atoms with Crippen molar-refractivity contribution in [1.29, 1.82) is 0 Å². The van der Waals surface area contributed by atoms with Gasteiger partial charge in [-0.05, 0) is 62.6 Å². The van der Waals surface area contributed by atoms with Crippen LogP contribution in [-0.4, -0.2) is 42.2 Å². The van der Waals surface area contributed by atoms with E-state index in [1.807, 2.05) is 26.0 Å². The molecule has 180 valence electrons. The number of hydrogen-bond donors (Lipinski definition) is 1. The lowest BCUT2D eigenvalue weighted by atomic mass is 10.0. The largest absolute Gasteiger partial charge is 0.493 e. The van der Waals surface area contributed by atoms with Gasteiger partial charge in [-0.25, -0.2) is 0 Å². The average molecular weight is 484 g/mol. The Labute approximate surface area is 205 Å². The fourth-order valence-corrected chi connectivity index (χ4v) is 4.26. The van der Waals surface area contributed by atoms with Gasteiger partial charge in [0.25, 0.3) is 5.91 Å². The molecule has 1 aliphatic heterocycles. The van der Waals surface area contributed by atoms with E-state index in [2.05, 4.69) is 27.5 Å². The molecule has 1 N–H and O–H groups in total. The zero-order chi connectivity index (χ0) is 24.1. The summed E-state index contributed by atoms with van der Waals surface area (Å²) in [5.41, 5.74) is 3.50. The van der Waals surface area contributed by atoms with E-state index in [0.29, 0.717) is 23.7 Å². The van der Waals surface area contributed by atoms with Crippen molar-refractivity contribution in [3.05, 3.63) is 75.6 Å². The van der Waals surface area contributed by atoms with Crippen molar-refractivity contribution in [3.8, 4) is 11.5 Å². The summed E-state index contributed by atoms with van der Waals surface area (Å²) in [5.74, 6) is 1.70. The molecular formula is C26H30ClN3O4. The number of carbonyl (C=O) groups excluding carboxylic acids is 1. The molecule has 0 bridgehead atoms. The van der Waals surface area contributed by atoms with Gasteiger partial charge in [0, 0.05) is 36.3 Å². The van der Waals surface area contributed by atoms with Crippen LogP contribution in [0, 0.1) is 13.8 Å². The summed E-state index contributed by atoms with van der Waals surface area (Å²) < 4.78 is 16.6. The molecule has 0 radical (unpaired) electrons. The van der Waals surface area contributed by atoms with Crippen LogP contribution >= 0.6 is 11.6 Å². The van der Waals surface area contributed by atoms with Crippen molar-refractivity contribution in [2.75, 3.05) is 20.2 Å². The van der Waals surface area contributed by atoms with Gasteiger partial charge in [-0.15, -0.1) is 0 Å². The van der Waals surface area contributed by atoms with Crippen LogP contribution in [0.2, 0.25) is 5.02 Å². The van der Waals surface area contributed by atoms with E-state index in [-0.39, 0.29) is 11.9 Å². The average Bonchev–Trinajstić information content (AvgIpc) is 3.17. The fourth-order valence-electron chi connectivity index (χ4n) is 4.14. The highest BCUT2D eigenvalue weighted by Gasteiger charge is 2.22. The third-order valence-corrected chi connectivity index (χ3v) is 6.47. The smallest absolute Gasteiger partial charge is 0.251 e. The lowest BCUT2D eigenvalue weighted by Crippen LogP contribution is -2.44. The van der Waals surface area contributed by atoms with Gasteiger partial charge in [-0.2, -0.15) is 0 Å². The maximum atomic E-state index is 12.9. The Morgan fingerprint density at radius 2 is 1.88 bits per heavy atom. The molecule has 2 aromatic carbocycles. The third-order valence-electron chi connectivity index (χ3n) is 6.22. The highest BCUT2D eigenvalue weighted by atomic mass is 35.5. The number of methoxy groups -OCH3 is 1. The lowest BCUT2D eigenvalue weighted by molar-refractivity contribution is 0.0908. The minimum Gasteiger partial charge on any atom is -0.493 e. The number of aromatic nitrogens is 1. The van der Waals surface area contributed by atoms with E-state index in [9.17, 15) is 4.79 Å². The number of piperidine rings is 1. The van der Waals surface area contributed by atoms with E-state index in [1.165, 1.54) is 5.56 Å². The number of halogens is 1. The first-order valence-electron chi connectivity index (χ1n) is 11.4. The number of aryl methyl sites for hydroxylation is 2. The van der Waals surface area contributed by atoms with Gasteiger partial charge in [0.1, 0.15) is 12.4 Å². The van der Waals surface area contributed by atoms with Gasteiger partial charge < -0.3 is 19.3 Å². The van der Waals surface area contributed by atoms with E-state index in [1.54, 1.807) is 25.3 Å². The molecule has 1 fully saturated rings. The van der Waals surface area contributed by atoms with Crippen LogP contribution < -0.4 is 14.8 Å². The van der Waals surface area contributed by atoms with Gasteiger partial charge in [0.15, 0.2) is 11.5 Å². The van der Waals surface area contributed by atoms with Crippen molar-refractivity contribution in [1.82, 2.24) is 15.4 Å². The molecule has 8 heteroatoms. The van der Waals surface area contributed by atoms with Gasteiger partial charge in [-0.1, -0.05) is 28.9 Å². The molecule has 0 saturated carbocycles. The van der Waals surface area contributed by atoms with Gasteiger partial charge in [-0.3, -0.25) is 9.69 Å². The zero-order valence-electron chi connectivity index (χ0n) is 19.8. The standard InChI is InChI=1S/C26H30ClN3O4/c1-17-23(18(2)34-29-17)16-33-24-9-6-20(14-25(24)32-3)26(31)28-22-10-12-30(13-11-22)15-19-4-7-21(27)8-5-19/h4-9,14,22H,10-13,15-16H2,1-3H3,(H,28,31). The summed E-state index contributed by atoms with van der Waals surface area (Å²) in [6.07, 6.45) is 1.82. The molecule has 2 heterocycles. The Morgan fingerprint density at radius 1 is 1.15 bits per heavy atom. The zero-order valence-corrected chi connectivity index (χ0v) is 20.5. The Balaban J connectivity index is 1.30. The molecule has 1 amide bonds. The molecule has 34 heavy (non-hydrogen) atoms. The molecular weight excluding hydrogens is 454 g/mol. The van der Waals surface area contributed by atoms with E-state index < -0.39 is 0 Å². The van der Waals surface area contributed by atoms with Crippen LogP contribution in [0.1, 0.15) is 45.8 Å². The van der Waals surface area contributed by atoms with Crippen molar-refractivity contribution in [2.24, 2.45) is 0 Å². The number of amides is 1. The highest BCUT2D eigenvalue weighted by molar-refractivity contribution is 6.30. The first-order valence-corrected chi connectivity index (χ1v) is 11.8. The number of ether oxygens (including phenoxy) is 2. The molecule has 1 saturated heterocycles. The van der Waals surface area contributed by atoms with Crippen molar-refractivity contribution < 1.29 is 18.8 Å². The minimum atomic E-state index is -0.105. The van der Waals surface area contributed by atoms with Gasteiger partial charge in [0.05, 0.1) is 18.4 Å². The Bertz CT molecular complexity index is 1100.